The summed E-state index contributed by atoms with van der Waals surface area (Å²) in [6.07, 6.45) is 2.17. The van der Waals surface area contributed by atoms with E-state index in [1.54, 1.807) is 6.20 Å². The summed E-state index contributed by atoms with van der Waals surface area (Å²) < 4.78 is 0. The van der Waals surface area contributed by atoms with Crippen LogP contribution in [-0.4, -0.2) is 24.0 Å². The summed E-state index contributed by atoms with van der Waals surface area (Å²) in [5.41, 5.74) is 1.56. The molecule has 0 aliphatic carbocycles. The van der Waals surface area contributed by atoms with Gasteiger partial charge >= 0.3 is 0 Å². The van der Waals surface area contributed by atoms with Gasteiger partial charge in [-0.25, -0.2) is 4.98 Å². The van der Waals surface area contributed by atoms with Gasteiger partial charge in [0.2, 0.25) is 5.91 Å². The maximum absolute atomic E-state index is 11.7. The highest BCUT2D eigenvalue weighted by molar-refractivity contribution is 6.32. The number of nitrogens with zero attached hydrogens (tertiary/aromatic N) is 1. The number of hydrogen-bond acceptors (Lipinski definition) is 3. The summed E-state index contributed by atoms with van der Waals surface area (Å²) >= 11 is 5.92. The van der Waals surface area contributed by atoms with Crippen molar-refractivity contribution in [3.8, 4) is 0 Å². The number of nitrogens with one attached hydrogen (secondary N) is 2. The Morgan fingerprint density at radius 2 is 2.44 bits per heavy atom. The van der Waals surface area contributed by atoms with E-state index in [1.807, 2.05) is 13.0 Å². The predicted molar refractivity (Wildman–Crippen MR) is 63.6 cm³/mol. The highest BCUT2D eigenvalue weighted by Gasteiger charge is 2.20. The van der Waals surface area contributed by atoms with Crippen molar-refractivity contribution in [3.63, 3.8) is 0 Å². The molecule has 0 saturated carbocycles. The van der Waals surface area contributed by atoms with Crippen molar-refractivity contribution in [2.45, 2.75) is 13.3 Å². The van der Waals surface area contributed by atoms with Crippen molar-refractivity contribution in [1.82, 2.24) is 10.3 Å². The molecule has 1 aliphatic rings. The first-order valence-corrected chi connectivity index (χ1v) is 5.66. The fraction of sp³-hybridized carbons (Fsp3) is 0.455. The van der Waals surface area contributed by atoms with E-state index in [1.165, 1.54) is 0 Å². The number of hydrogen-bond donors (Lipinski definition) is 2. The normalized spacial score (nSPS) is 15.6. The maximum Gasteiger partial charge on any atom is 0.224 e. The fourth-order valence-corrected chi connectivity index (χ4v) is 1.87. The van der Waals surface area contributed by atoms with E-state index < -0.39 is 0 Å². The fourth-order valence-electron chi connectivity index (χ4n) is 1.62. The minimum absolute atomic E-state index is 0.00417. The topological polar surface area (TPSA) is 54.0 Å². The summed E-state index contributed by atoms with van der Waals surface area (Å²) in [5, 5.41) is 6.30. The molecule has 2 rings (SSSR count). The lowest BCUT2D eigenvalue weighted by molar-refractivity contribution is -0.117. The molecule has 86 valence electrons. The molecule has 2 N–H and O–H groups in total. The first-order valence-electron chi connectivity index (χ1n) is 5.28. The van der Waals surface area contributed by atoms with Gasteiger partial charge in [-0.1, -0.05) is 11.6 Å². The molecule has 0 spiro atoms. The molecule has 1 aromatic heterocycles. The first kappa shape index (κ1) is 11.4. The molecular weight excluding hydrogens is 226 g/mol. The summed E-state index contributed by atoms with van der Waals surface area (Å²) in [6.45, 7) is 3.74. The van der Waals surface area contributed by atoms with Crippen molar-refractivity contribution in [1.29, 1.82) is 0 Å². The van der Waals surface area contributed by atoms with Gasteiger partial charge in [-0.2, -0.15) is 0 Å². The molecule has 1 aliphatic heterocycles. The SMILES string of the molecule is Cc1ccnc(Cl)c1NC(=O)CC1CNC1. The maximum atomic E-state index is 11.7. The Labute approximate surface area is 99.4 Å². The van der Waals surface area contributed by atoms with Crippen LogP contribution in [0, 0.1) is 12.8 Å². The van der Waals surface area contributed by atoms with E-state index >= 15 is 0 Å². The van der Waals surface area contributed by atoms with Crippen LogP contribution in [0.2, 0.25) is 5.15 Å². The second-order valence-electron chi connectivity index (χ2n) is 4.07. The lowest BCUT2D eigenvalue weighted by Gasteiger charge is -2.26. The quantitative estimate of drug-likeness (QED) is 0.788. The standard InChI is InChI=1S/C11H14ClN3O/c1-7-2-3-14-11(12)10(7)15-9(16)4-8-5-13-6-8/h2-3,8,13H,4-6H2,1H3,(H,15,16). The molecule has 1 saturated heterocycles. The van der Waals surface area contributed by atoms with Gasteiger partial charge in [-0.15, -0.1) is 0 Å². The highest BCUT2D eigenvalue weighted by atomic mass is 35.5. The zero-order valence-electron chi connectivity index (χ0n) is 9.09. The Kier molecular flexibility index (Phi) is 3.41. The number of anilines is 1. The van der Waals surface area contributed by atoms with Crippen LogP contribution in [0.15, 0.2) is 12.3 Å². The Morgan fingerprint density at radius 3 is 3.00 bits per heavy atom. The van der Waals surface area contributed by atoms with E-state index in [0.717, 1.165) is 18.7 Å². The van der Waals surface area contributed by atoms with Gasteiger partial charge in [-0.3, -0.25) is 4.79 Å². The highest BCUT2D eigenvalue weighted by Crippen LogP contribution is 2.23. The third-order valence-electron chi connectivity index (χ3n) is 2.72. The number of rotatable bonds is 3. The van der Waals surface area contributed by atoms with Crippen LogP contribution in [0.25, 0.3) is 0 Å². The Hall–Kier alpha value is -1.13. The third kappa shape index (κ3) is 2.51. The largest absolute Gasteiger partial charge is 0.323 e. The van der Waals surface area contributed by atoms with E-state index in [4.69, 9.17) is 11.6 Å². The lowest BCUT2D eigenvalue weighted by atomic mass is 9.99. The molecule has 2 heterocycles. The molecule has 1 amide bonds. The molecule has 0 atom stereocenters. The average Bonchev–Trinajstić information content (AvgIpc) is 2.18. The van der Waals surface area contributed by atoms with Crippen LogP contribution in [0.5, 0.6) is 0 Å². The number of aromatic nitrogens is 1. The van der Waals surface area contributed by atoms with Gasteiger partial charge < -0.3 is 10.6 Å². The smallest absolute Gasteiger partial charge is 0.224 e. The van der Waals surface area contributed by atoms with Crippen molar-refractivity contribution in [2.24, 2.45) is 5.92 Å². The molecule has 0 unspecified atom stereocenters. The van der Waals surface area contributed by atoms with Gasteiger partial charge in [0.25, 0.3) is 0 Å². The molecule has 0 radical (unpaired) electrons. The zero-order valence-corrected chi connectivity index (χ0v) is 9.84. The minimum atomic E-state index is 0.00417. The molecule has 1 fully saturated rings. The number of amides is 1. The molecule has 0 aromatic carbocycles. The Balaban J connectivity index is 1.99. The predicted octanol–water partition coefficient (Wildman–Crippen LogP) is 1.59. The van der Waals surface area contributed by atoms with Gasteiger partial charge in [0.1, 0.15) is 0 Å². The summed E-state index contributed by atoms with van der Waals surface area (Å²) in [7, 11) is 0. The van der Waals surface area contributed by atoms with E-state index in [2.05, 4.69) is 15.6 Å². The molecule has 1 aromatic rings. The number of carbonyl (C=O) groups is 1. The van der Waals surface area contributed by atoms with E-state index in [-0.39, 0.29) is 5.91 Å². The first-order chi connectivity index (χ1) is 7.66. The second-order valence-corrected chi connectivity index (χ2v) is 4.43. The number of pyridine rings is 1. The number of aryl methyl sites for hydroxylation is 1. The molecule has 16 heavy (non-hydrogen) atoms. The molecular formula is C11H14ClN3O. The van der Waals surface area contributed by atoms with Gasteiger partial charge in [-0.05, 0) is 37.6 Å². The third-order valence-corrected chi connectivity index (χ3v) is 3.00. The molecule has 5 heteroatoms. The second kappa shape index (κ2) is 4.80. The average molecular weight is 240 g/mol. The van der Waals surface area contributed by atoms with Crippen LogP contribution in [0.1, 0.15) is 12.0 Å². The number of halogens is 1. The number of carbonyl (C=O) groups excluding carboxylic acids is 1. The summed E-state index contributed by atoms with van der Waals surface area (Å²) in [4.78, 5) is 15.6. The van der Waals surface area contributed by atoms with E-state index in [0.29, 0.717) is 23.2 Å². The summed E-state index contributed by atoms with van der Waals surface area (Å²) in [6, 6.07) is 1.83. The van der Waals surface area contributed by atoms with Gasteiger partial charge in [0.05, 0.1) is 5.69 Å². The van der Waals surface area contributed by atoms with Crippen LogP contribution in [0.3, 0.4) is 0 Å². The summed E-state index contributed by atoms with van der Waals surface area (Å²) in [5.74, 6) is 0.459. The zero-order chi connectivity index (χ0) is 11.5. The Bertz CT molecular complexity index is 384. The monoisotopic (exact) mass is 239 g/mol. The van der Waals surface area contributed by atoms with Crippen molar-refractivity contribution in [3.05, 3.63) is 23.0 Å². The van der Waals surface area contributed by atoms with Crippen LogP contribution < -0.4 is 10.6 Å². The van der Waals surface area contributed by atoms with Crippen LogP contribution in [0.4, 0.5) is 5.69 Å². The van der Waals surface area contributed by atoms with Gasteiger partial charge in [0, 0.05) is 12.6 Å². The van der Waals surface area contributed by atoms with E-state index in [9.17, 15) is 4.79 Å². The van der Waals surface area contributed by atoms with Crippen LogP contribution in [-0.2, 0) is 4.79 Å². The van der Waals surface area contributed by atoms with Gasteiger partial charge in [0.15, 0.2) is 5.15 Å². The Morgan fingerprint density at radius 1 is 1.69 bits per heavy atom. The lowest BCUT2D eigenvalue weighted by Crippen LogP contribution is -2.43. The van der Waals surface area contributed by atoms with Crippen molar-refractivity contribution >= 4 is 23.2 Å². The molecule has 0 bridgehead atoms. The van der Waals surface area contributed by atoms with Crippen molar-refractivity contribution < 1.29 is 4.79 Å². The molecule has 4 nitrogen and oxygen atoms in total. The van der Waals surface area contributed by atoms with Crippen LogP contribution >= 0.6 is 11.6 Å². The van der Waals surface area contributed by atoms with Crippen molar-refractivity contribution in [2.75, 3.05) is 18.4 Å². The minimum Gasteiger partial charge on any atom is -0.323 e.